The molecule has 0 bridgehead atoms. The van der Waals surface area contributed by atoms with Crippen molar-refractivity contribution in [1.29, 1.82) is 0 Å². The first-order valence-electron chi connectivity index (χ1n) is 10.6. The van der Waals surface area contributed by atoms with Crippen molar-refractivity contribution in [3.8, 4) is 5.75 Å². The Bertz CT molecular complexity index is 1150. The van der Waals surface area contributed by atoms with Gasteiger partial charge < -0.3 is 26.0 Å². The molecule has 178 valence electrons. The van der Waals surface area contributed by atoms with Crippen LogP contribution in [0, 0.1) is 28.9 Å². The predicted molar refractivity (Wildman–Crippen MR) is 122 cm³/mol. The molecule has 0 spiro atoms. The maximum absolute atomic E-state index is 13.1. The highest BCUT2D eigenvalue weighted by Gasteiger charge is 2.48. The number of nitrogens with zero attached hydrogens (tertiary/aromatic N) is 1. The van der Waals surface area contributed by atoms with Crippen molar-refractivity contribution < 1.29 is 24.0 Å². The Morgan fingerprint density at radius 1 is 1.15 bits per heavy atom. The number of piperidine rings is 1. The Balaban J connectivity index is 1.51. The van der Waals surface area contributed by atoms with Gasteiger partial charge in [-0.15, -0.1) is 0 Å². The minimum atomic E-state index is -0.975. The molecular formula is C22H24N6O6. The highest BCUT2D eigenvalue weighted by atomic mass is 16.6. The number of ether oxygens (including phenoxy) is 1. The van der Waals surface area contributed by atoms with Gasteiger partial charge in [0.25, 0.3) is 5.69 Å². The SMILES string of the molecule is COc1ccccc1NC1NC(=O)C2C(NC(=O)CC2C(=O)Nc2cc([N+](=O)[O-])ccc2C)N1. The Kier molecular flexibility index (Phi) is 6.32. The van der Waals surface area contributed by atoms with Gasteiger partial charge >= 0.3 is 0 Å². The standard InChI is InChI=1S/C22H24N6O6/c1-11-7-8-12(28(32)33)9-15(11)23-20(30)13-10-17(29)25-19-18(13)21(31)27-22(26-19)24-14-5-3-4-6-16(14)34-2/h3-9,13,18-19,22,24,26H,10H2,1-2H3,(H,23,30)(H,25,29)(H,27,31). The quantitative estimate of drug-likeness (QED) is 0.310. The lowest BCUT2D eigenvalue weighted by molar-refractivity contribution is -0.384. The lowest BCUT2D eigenvalue weighted by Crippen LogP contribution is -2.72. The first-order chi connectivity index (χ1) is 16.3. The van der Waals surface area contributed by atoms with Crippen molar-refractivity contribution in [1.82, 2.24) is 16.0 Å². The van der Waals surface area contributed by atoms with Gasteiger partial charge in [0, 0.05) is 18.6 Å². The van der Waals surface area contributed by atoms with Crippen LogP contribution in [0.5, 0.6) is 5.75 Å². The fourth-order valence-electron chi connectivity index (χ4n) is 4.16. The van der Waals surface area contributed by atoms with Gasteiger partial charge in [0.2, 0.25) is 17.7 Å². The number of hydrogen-bond acceptors (Lipinski definition) is 8. The van der Waals surface area contributed by atoms with Crippen LogP contribution in [0.25, 0.3) is 0 Å². The third-order valence-corrected chi connectivity index (χ3v) is 5.88. The monoisotopic (exact) mass is 468 g/mol. The normalized spacial score (nSPS) is 23.7. The number of carbonyl (C=O) groups is 3. The van der Waals surface area contributed by atoms with Crippen LogP contribution in [0.1, 0.15) is 12.0 Å². The molecule has 0 aromatic heterocycles. The second kappa shape index (κ2) is 9.35. The fraction of sp³-hybridized carbons (Fsp3) is 0.318. The second-order valence-corrected chi connectivity index (χ2v) is 8.08. The van der Waals surface area contributed by atoms with Crippen molar-refractivity contribution in [3.63, 3.8) is 0 Å². The van der Waals surface area contributed by atoms with Crippen molar-refractivity contribution in [2.75, 3.05) is 17.7 Å². The third kappa shape index (κ3) is 4.62. The first kappa shape index (κ1) is 23.0. The summed E-state index contributed by atoms with van der Waals surface area (Å²) in [4.78, 5) is 49.0. The summed E-state index contributed by atoms with van der Waals surface area (Å²) >= 11 is 0. The van der Waals surface area contributed by atoms with Gasteiger partial charge in [-0.25, -0.2) is 0 Å². The van der Waals surface area contributed by atoms with Crippen LogP contribution in [-0.4, -0.2) is 42.2 Å². The summed E-state index contributed by atoms with van der Waals surface area (Å²) in [5, 5.41) is 25.5. The lowest BCUT2D eigenvalue weighted by Gasteiger charge is -2.43. The molecule has 2 aliphatic heterocycles. The topological polar surface area (TPSA) is 164 Å². The van der Waals surface area contributed by atoms with E-state index in [-0.39, 0.29) is 17.8 Å². The molecule has 4 atom stereocenters. The van der Waals surface area contributed by atoms with Crippen LogP contribution in [0.2, 0.25) is 0 Å². The van der Waals surface area contributed by atoms with Crippen LogP contribution >= 0.6 is 0 Å². The van der Waals surface area contributed by atoms with Crippen LogP contribution in [0.4, 0.5) is 17.1 Å². The number of carbonyl (C=O) groups excluding carboxylic acids is 3. The fourth-order valence-corrected chi connectivity index (χ4v) is 4.16. The average molecular weight is 468 g/mol. The zero-order chi connectivity index (χ0) is 24.4. The second-order valence-electron chi connectivity index (χ2n) is 8.08. The van der Waals surface area contributed by atoms with E-state index in [1.807, 2.05) is 0 Å². The Hall–Kier alpha value is -4.19. The minimum absolute atomic E-state index is 0.178. The summed E-state index contributed by atoms with van der Waals surface area (Å²) in [7, 11) is 1.52. The number of amides is 3. The Morgan fingerprint density at radius 2 is 1.91 bits per heavy atom. The molecule has 3 amide bonds. The van der Waals surface area contributed by atoms with Crippen LogP contribution < -0.4 is 31.3 Å². The van der Waals surface area contributed by atoms with Gasteiger partial charge in [0.1, 0.15) is 5.75 Å². The Morgan fingerprint density at radius 3 is 2.65 bits per heavy atom. The summed E-state index contributed by atoms with van der Waals surface area (Å²) in [6, 6.07) is 11.2. The molecule has 5 N–H and O–H groups in total. The molecule has 0 aliphatic carbocycles. The predicted octanol–water partition coefficient (Wildman–Crippen LogP) is 1.04. The van der Waals surface area contributed by atoms with Gasteiger partial charge in [-0.2, -0.15) is 0 Å². The number of para-hydroxylation sites is 2. The number of non-ortho nitro benzene ring substituents is 1. The number of fused-ring (bicyclic) bond motifs is 1. The number of methoxy groups -OCH3 is 1. The minimum Gasteiger partial charge on any atom is -0.495 e. The average Bonchev–Trinajstić information content (AvgIpc) is 2.79. The number of rotatable bonds is 6. The highest BCUT2D eigenvalue weighted by molar-refractivity contribution is 6.00. The van der Waals surface area contributed by atoms with Crippen molar-refractivity contribution in [3.05, 3.63) is 58.1 Å². The van der Waals surface area contributed by atoms with Crippen LogP contribution in [0.15, 0.2) is 42.5 Å². The number of nitro benzene ring substituents is 1. The number of benzene rings is 2. The zero-order valence-electron chi connectivity index (χ0n) is 18.5. The van der Waals surface area contributed by atoms with E-state index in [2.05, 4.69) is 26.6 Å². The summed E-state index contributed by atoms with van der Waals surface area (Å²) < 4.78 is 5.31. The van der Waals surface area contributed by atoms with E-state index in [1.54, 1.807) is 31.2 Å². The van der Waals surface area contributed by atoms with Gasteiger partial charge in [0.05, 0.1) is 41.4 Å². The van der Waals surface area contributed by atoms with E-state index in [1.165, 1.54) is 25.3 Å². The van der Waals surface area contributed by atoms with Gasteiger partial charge in [-0.3, -0.25) is 29.8 Å². The molecule has 12 heteroatoms. The number of nitrogens with one attached hydrogen (secondary N) is 5. The highest BCUT2D eigenvalue weighted by Crippen LogP contribution is 2.30. The molecule has 2 aromatic carbocycles. The molecule has 0 saturated carbocycles. The molecule has 2 aliphatic rings. The van der Waals surface area contributed by atoms with Gasteiger partial charge in [-0.05, 0) is 24.6 Å². The maximum atomic E-state index is 13.1. The molecule has 2 fully saturated rings. The molecule has 34 heavy (non-hydrogen) atoms. The van der Waals surface area contributed by atoms with E-state index in [4.69, 9.17) is 4.74 Å². The molecule has 0 radical (unpaired) electrons. The zero-order valence-corrected chi connectivity index (χ0v) is 18.5. The molecule has 12 nitrogen and oxygen atoms in total. The number of anilines is 2. The van der Waals surface area contributed by atoms with Gasteiger partial charge in [0.15, 0.2) is 6.29 Å². The summed E-state index contributed by atoms with van der Waals surface area (Å²) in [5.41, 5.74) is 1.31. The third-order valence-electron chi connectivity index (χ3n) is 5.88. The molecule has 4 rings (SSSR count). The van der Waals surface area contributed by atoms with E-state index < -0.39 is 46.9 Å². The number of aryl methyl sites for hydroxylation is 1. The lowest BCUT2D eigenvalue weighted by atomic mass is 9.81. The summed E-state index contributed by atoms with van der Waals surface area (Å²) in [6.07, 6.45) is -1.73. The van der Waals surface area contributed by atoms with E-state index in [9.17, 15) is 24.5 Å². The number of nitro groups is 1. The molecular weight excluding hydrogens is 444 g/mol. The number of hydrogen-bond donors (Lipinski definition) is 5. The van der Waals surface area contributed by atoms with E-state index in [0.717, 1.165) is 0 Å². The molecule has 2 heterocycles. The van der Waals surface area contributed by atoms with Crippen molar-refractivity contribution in [2.24, 2.45) is 11.8 Å². The summed E-state index contributed by atoms with van der Waals surface area (Å²) in [6.45, 7) is 1.69. The smallest absolute Gasteiger partial charge is 0.271 e. The largest absolute Gasteiger partial charge is 0.495 e. The van der Waals surface area contributed by atoms with Gasteiger partial charge in [-0.1, -0.05) is 18.2 Å². The first-order valence-corrected chi connectivity index (χ1v) is 10.6. The summed E-state index contributed by atoms with van der Waals surface area (Å²) in [5.74, 6) is -2.67. The van der Waals surface area contributed by atoms with Crippen molar-refractivity contribution in [2.45, 2.75) is 25.8 Å². The van der Waals surface area contributed by atoms with Crippen LogP contribution in [0.3, 0.4) is 0 Å². The van der Waals surface area contributed by atoms with Crippen LogP contribution in [-0.2, 0) is 14.4 Å². The molecule has 2 aromatic rings. The van der Waals surface area contributed by atoms with E-state index in [0.29, 0.717) is 17.0 Å². The van der Waals surface area contributed by atoms with E-state index >= 15 is 0 Å². The molecule has 4 unspecified atom stereocenters. The van der Waals surface area contributed by atoms with Crippen molar-refractivity contribution >= 4 is 34.8 Å². The maximum Gasteiger partial charge on any atom is 0.271 e. The Labute approximate surface area is 194 Å². The molecule has 2 saturated heterocycles.